The Kier molecular flexibility index (Phi) is 6.29. The number of benzene rings is 2. The van der Waals surface area contributed by atoms with Gasteiger partial charge in [0.1, 0.15) is 0 Å². The smallest absolute Gasteiger partial charge is 0.381 e. The molecular formula is C23H25F3N2OS. The van der Waals surface area contributed by atoms with Crippen LogP contribution in [0.1, 0.15) is 29.5 Å². The van der Waals surface area contributed by atoms with Gasteiger partial charge in [0.05, 0.1) is 22.4 Å². The number of aryl methyl sites for hydroxylation is 1. The molecule has 0 saturated carbocycles. The van der Waals surface area contributed by atoms with Crippen molar-refractivity contribution in [1.82, 2.24) is 4.98 Å². The van der Waals surface area contributed by atoms with Crippen molar-refractivity contribution >= 4 is 26.7 Å². The number of thiazole rings is 1. The van der Waals surface area contributed by atoms with Gasteiger partial charge >= 0.3 is 6.18 Å². The zero-order valence-electron chi connectivity index (χ0n) is 16.9. The molecule has 0 N–H and O–H groups in total. The fraction of sp³-hybridized carbons (Fsp3) is 0.435. The van der Waals surface area contributed by atoms with Crippen LogP contribution < -0.4 is 4.90 Å². The summed E-state index contributed by atoms with van der Waals surface area (Å²) in [7, 11) is 0. The topological polar surface area (TPSA) is 25.4 Å². The number of anilines is 1. The fourth-order valence-electron chi connectivity index (χ4n) is 3.88. The molecule has 0 radical (unpaired) electrons. The Labute approximate surface area is 178 Å². The highest BCUT2D eigenvalue weighted by Crippen LogP contribution is 2.36. The summed E-state index contributed by atoms with van der Waals surface area (Å²) in [6, 6.07) is 12.2. The van der Waals surface area contributed by atoms with Gasteiger partial charge < -0.3 is 9.64 Å². The zero-order chi connectivity index (χ0) is 21.1. The Balaban J connectivity index is 1.58. The Morgan fingerprint density at radius 2 is 2.07 bits per heavy atom. The minimum absolute atomic E-state index is 0.411. The van der Waals surface area contributed by atoms with Gasteiger partial charge in [-0.15, -0.1) is 0 Å². The molecule has 1 atom stereocenters. The van der Waals surface area contributed by atoms with E-state index in [0.29, 0.717) is 16.1 Å². The number of halogens is 3. The molecule has 1 aliphatic rings. The van der Waals surface area contributed by atoms with E-state index in [2.05, 4.69) is 41.1 Å². The maximum atomic E-state index is 13.1. The predicted octanol–water partition coefficient (Wildman–Crippen LogP) is 6.10. The summed E-state index contributed by atoms with van der Waals surface area (Å²) < 4.78 is 45.5. The van der Waals surface area contributed by atoms with Crippen LogP contribution in [0.15, 0.2) is 42.5 Å². The van der Waals surface area contributed by atoms with E-state index in [1.807, 2.05) is 0 Å². The number of nitrogens with zero attached hydrogens (tertiary/aromatic N) is 2. The molecule has 3 aromatic rings. The van der Waals surface area contributed by atoms with Crippen LogP contribution >= 0.6 is 11.3 Å². The molecule has 2 aromatic carbocycles. The highest BCUT2D eigenvalue weighted by Gasteiger charge is 2.31. The van der Waals surface area contributed by atoms with Gasteiger partial charge in [-0.3, -0.25) is 0 Å². The highest BCUT2D eigenvalue weighted by atomic mass is 32.1. The summed E-state index contributed by atoms with van der Waals surface area (Å²) in [5.41, 5.74) is 2.46. The van der Waals surface area contributed by atoms with Crippen molar-refractivity contribution in [1.29, 1.82) is 0 Å². The normalized spacial score (nSPS) is 17.4. The van der Waals surface area contributed by atoms with E-state index in [4.69, 9.17) is 4.74 Å². The molecule has 1 fully saturated rings. The third-order valence-corrected chi connectivity index (χ3v) is 6.54. The van der Waals surface area contributed by atoms with E-state index in [9.17, 15) is 13.2 Å². The van der Waals surface area contributed by atoms with Crippen LogP contribution in [0, 0.1) is 12.8 Å². The van der Waals surface area contributed by atoms with E-state index in [1.165, 1.54) is 34.6 Å². The van der Waals surface area contributed by atoms with Crippen LogP contribution in [0.4, 0.5) is 18.3 Å². The Hall–Kier alpha value is -2.12. The number of hydrogen-bond donors (Lipinski definition) is 0. The average Bonchev–Trinajstić information content (AvgIpc) is 3.14. The molecule has 4 rings (SSSR count). The number of aromatic nitrogens is 1. The second-order valence-electron chi connectivity index (χ2n) is 7.94. The predicted molar refractivity (Wildman–Crippen MR) is 115 cm³/mol. The van der Waals surface area contributed by atoms with Gasteiger partial charge in [-0.05, 0) is 55.9 Å². The molecule has 3 nitrogen and oxygen atoms in total. The van der Waals surface area contributed by atoms with Crippen LogP contribution in [-0.4, -0.2) is 31.3 Å². The maximum absolute atomic E-state index is 13.1. The third-order valence-electron chi connectivity index (χ3n) is 5.46. The Morgan fingerprint density at radius 3 is 2.80 bits per heavy atom. The van der Waals surface area contributed by atoms with Crippen molar-refractivity contribution in [2.24, 2.45) is 5.92 Å². The number of alkyl halides is 3. The molecule has 1 aliphatic heterocycles. The summed E-state index contributed by atoms with van der Waals surface area (Å²) in [5.74, 6) is 0.411. The Bertz CT molecular complexity index is 996. The lowest BCUT2D eigenvalue weighted by atomic mass is 10.0. The molecule has 0 bridgehead atoms. The summed E-state index contributed by atoms with van der Waals surface area (Å²) >= 11 is 1.34. The molecular weight excluding hydrogens is 409 g/mol. The maximum Gasteiger partial charge on any atom is 0.416 e. The molecule has 7 heteroatoms. The van der Waals surface area contributed by atoms with Crippen LogP contribution in [0.2, 0.25) is 0 Å². The van der Waals surface area contributed by atoms with Crippen molar-refractivity contribution in [3.63, 3.8) is 0 Å². The first kappa shape index (κ1) is 21.1. The molecule has 1 saturated heterocycles. The van der Waals surface area contributed by atoms with Crippen molar-refractivity contribution in [3.05, 3.63) is 59.2 Å². The number of fused-ring (bicyclic) bond motifs is 1. The summed E-state index contributed by atoms with van der Waals surface area (Å²) in [4.78, 5) is 6.89. The van der Waals surface area contributed by atoms with Crippen LogP contribution in [0.3, 0.4) is 0 Å². The monoisotopic (exact) mass is 434 g/mol. The second kappa shape index (κ2) is 8.94. The van der Waals surface area contributed by atoms with Crippen molar-refractivity contribution in [2.45, 2.75) is 32.4 Å². The van der Waals surface area contributed by atoms with Gasteiger partial charge in [0.25, 0.3) is 0 Å². The summed E-state index contributed by atoms with van der Waals surface area (Å²) in [5, 5.41) is 0.780. The SMILES string of the molecule is Cc1cccc(CCN(CC2CCCOC2)c2nc3ccc(C(F)(F)F)cc3s2)c1. The lowest BCUT2D eigenvalue weighted by Crippen LogP contribution is -2.35. The fourth-order valence-corrected chi connectivity index (χ4v) is 4.92. The lowest BCUT2D eigenvalue weighted by Gasteiger charge is -2.29. The van der Waals surface area contributed by atoms with Gasteiger partial charge in [-0.2, -0.15) is 13.2 Å². The number of ether oxygens (including phenoxy) is 1. The molecule has 2 heterocycles. The van der Waals surface area contributed by atoms with Crippen molar-refractivity contribution < 1.29 is 17.9 Å². The van der Waals surface area contributed by atoms with Gasteiger partial charge in [0.2, 0.25) is 0 Å². The highest BCUT2D eigenvalue weighted by molar-refractivity contribution is 7.22. The molecule has 30 heavy (non-hydrogen) atoms. The van der Waals surface area contributed by atoms with Gasteiger partial charge in [-0.1, -0.05) is 41.2 Å². The van der Waals surface area contributed by atoms with E-state index in [1.54, 1.807) is 0 Å². The molecule has 0 aliphatic carbocycles. The molecule has 0 spiro atoms. The molecule has 160 valence electrons. The van der Waals surface area contributed by atoms with Crippen LogP contribution in [0.5, 0.6) is 0 Å². The van der Waals surface area contributed by atoms with Crippen LogP contribution in [0.25, 0.3) is 10.2 Å². The van der Waals surface area contributed by atoms with Gasteiger partial charge in [0.15, 0.2) is 5.13 Å². The van der Waals surface area contributed by atoms with E-state index < -0.39 is 11.7 Å². The van der Waals surface area contributed by atoms with E-state index >= 15 is 0 Å². The average molecular weight is 435 g/mol. The molecule has 0 amide bonds. The zero-order valence-corrected chi connectivity index (χ0v) is 17.7. The minimum atomic E-state index is -4.34. The van der Waals surface area contributed by atoms with E-state index in [-0.39, 0.29) is 0 Å². The largest absolute Gasteiger partial charge is 0.416 e. The van der Waals surface area contributed by atoms with Crippen molar-refractivity contribution in [2.75, 3.05) is 31.2 Å². The van der Waals surface area contributed by atoms with E-state index in [0.717, 1.165) is 56.8 Å². The lowest BCUT2D eigenvalue weighted by molar-refractivity contribution is -0.137. The number of rotatable bonds is 6. The van der Waals surface area contributed by atoms with Gasteiger partial charge in [0, 0.05) is 19.7 Å². The summed E-state index contributed by atoms with van der Waals surface area (Å²) in [6.07, 6.45) is -1.34. The number of hydrogen-bond acceptors (Lipinski definition) is 4. The first-order valence-corrected chi connectivity index (χ1v) is 11.1. The molecule has 1 unspecified atom stereocenters. The van der Waals surface area contributed by atoms with Crippen molar-refractivity contribution in [3.8, 4) is 0 Å². The first-order chi connectivity index (χ1) is 14.4. The first-order valence-electron chi connectivity index (χ1n) is 10.2. The summed E-state index contributed by atoms with van der Waals surface area (Å²) in [6.45, 7) is 5.18. The third kappa shape index (κ3) is 5.13. The standard InChI is InChI=1S/C23H25F3N2OS/c1-16-4-2-5-17(12-16)9-10-28(14-18-6-3-11-29-15-18)22-27-20-8-7-19(23(24,25)26)13-21(20)30-22/h2,4-5,7-8,12-13,18H,3,6,9-11,14-15H2,1H3. The minimum Gasteiger partial charge on any atom is -0.381 e. The van der Waals surface area contributed by atoms with Crippen LogP contribution in [-0.2, 0) is 17.3 Å². The van der Waals surface area contributed by atoms with Gasteiger partial charge in [-0.25, -0.2) is 4.98 Å². The Morgan fingerprint density at radius 1 is 1.20 bits per heavy atom. The molecule has 1 aromatic heterocycles. The quantitative estimate of drug-likeness (QED) is 0.469. The second-order valence-corrected chi connectivity index (χ2v) is 8.95.